The summed E-state index contributed by atoms with van der Waals surface area (Å²) in [6.07, 6.45) is 5.55. The lowest BCUT2D eigenvalue weighted by Gasteiger charge is -1.99. The van der Waals surface area contributed by atoms with E-state index in [0.717, 1.165) is 23.2 Å². The minimum Gasteiger partial charge on any atom is -0.350 e. The molecular formula is C15H15NO. The van der Waals surface area contributed by atoms with Crippen LogP contribution in [0.1, 0.15) is 21.5 Å². The molecule has 0 radical (unpaired) electrons. The molecule has 1 aromatic heterocycles. The van der Waals surface area contributed by atoms with Crippen LogP contribution in [-0.4, -0.2) is 10.4 Å². The molecule has 2 rings (SSSR count). The summed E-state index contributed by atoms with van der Waals surface area (Å²) in [6.45, 7) is 6.40. The summed E-state index contributed by atoms with van der Waals surface area (Å²) in [5, 5.41) is 0. The van der Waals surface area contributed by atoms with Crippen molar-refractivity contribution in [1.82, 2.24) is 4.57 Å². The zero-order valence-electron chi connectivity index (χ0n) is 9.89. The molecule has 0 atom stereocenters. The third-order valence-electron chi connectivity index (χ3n) is 2.67. The number of hydrogen-bond acceptors (Lipinski definition) is 1. The van der Waals surface area contributed by atoms with E-state index in [9.17, 15) is 4.79 Å². The highest BCUT2D eigenvalue weighted by Crippen LogP contribution is 2.11. The minimum absolute atomic E-state index is 0.0628. The van der Waals surface area contributed by atoms with Gasteiger partial charge in [0.05, 0.1) is 0 Å². The molecule has 0 unspecified atom stereocenters. The Morgan fingerprint density at radius 2 is 1.94 bits per heavy atom. The van der Waals surface area contributed by atoms with Crippen LogP contribution in [0, 0.1) is 6.92 Å². The lowest BCUT2D eigenvalue weighted by Crippen LogP contribution is -2.00. The topological polar surface area (TPSA) is 22.0 Å². The monoisotopic (exact) mass is 225 g/mol. The quantitative estimate of drug-likeness (QED) is 0.578. The lowest BCUT2D eigenvalue weighted by molar-refractivity contribution is 0.103. The maximum atomic E-state index is 12.1. The number of hydrogen-bond donors (Lipinski definition) is 0. The summed E-state index contributed by atoms with van der Waals surface area (Å²) in [5.74, 6) is 0.0628. The Hall–Kier alpha value is -2.09. The molecule has 0 saturated heterocycles. The fourth-order valence-corrected chi connectivity index (χ4v) is 1.71. The van der Waals surface area contributed by atoms with Crippen molar-refractivity contribution < 1.29 is 4.79 Å². The van der Waals surface area contributed by atoms with Crippen molar-refractivity contribution in [3.8, 4) is 0 Å². The number of rotatable bonds is 4. The summed E-state index contributed by atoms with van der Waals surface area (Å²) >= 11 is 0. The standard InChI is InChI=1S/C15H15NO/c1-3-9-16-10-8-14(11-16)15(17)13-6-4-12(2)5-7-13/h3-8,10-11H,1,9H2,2H3. The number of aryl methyl sites for hydroxylation is 1. The molecule has 0 aliphatic rings. The first-order chi connectivity index (χ1) is 8.20. The molecule has 0 N–H and O–H groups in total. The minimum atomic E-state index is 0.0628. The second kappa shape index (κ2) is 4.83. The fraction of sp³-hybridized carbons (Fsp3) is 0.133. The summed E-state index contributed by atoms with van der Waals surface area (Å²) in [5.41, 5.74) is 2.61. The number of carbonyl (C=O) groups excluding carboxylic acids is 1. The molecule has 17 heavy (non-hydrogen) atoms. The molecule has 2 aromatic rings. The van der Waals surface area contributed by atoms with Crippen molar-refractivity contribution >= 4 is 5.78 Å². The van der Waals surface area contributed by atoms with Gasteiger partial charge in [0.25, 0.3) is 0 Å². The van der Waals surface area contributed by atoms with Crippen LogP contribution in [0.15, 0.2) is 55.4 Å². The van der Waals surface area contributed by atoms with Gasteiger partial charge in [0.1, 0.15) is 0 Å². The van der Waals surface area contributed by atoms with E-state index in [1.165, 1.54) is 0 Å². The zero-order chi connectivity index (χ0) is 12.3. The Morgan fingerprint density at radius 1 is 1.24 bits per heavy atom. The van der Waals surface area contributed by atoms with E-state index in [4.69, 9.17) is 0 Å². The normalized spacial score (nSPS) is 10.2. The largest absolute Gasteiger partial charge is 0.350 e. The summed E-state index contributed by atoms with van der Waals surface area (Å²) in [6, 6.07) is 9.47. The van der Waals surface area contributed by atoms with E-state index >= 15 is 0 Å². The van der Waals surface area contributed by atoms with Gasteiger partial charge >= 0.3 is 0 Å². The average molecular weight is 225 g/mol. The maximum Gasteiger partial charge on any atom is 0.194 e. The molecule has 0 amide bonds. The van der Waals surface area contributed by atoms with Crippen LogP contribution in [0.25, 0.3) is 0 Å². The maximum absolute atomic E-state index is 12.1. The Morgan fingerprint density at radius 3 is 2.59 bits per heavy atom. The van der Waals surface area contributed by atoms with Crippen LogP contribution in [0.3, 0.4) is 0 Å². The molecule has 0 saturated carbocycles. The van der Waals surface area contributed by atoms with E-state index in [2.05, 4.69) is 6.58 Å². The first-order valence-electron chi connectivity index (χ1n) is 5.59. The number of carbonyl (C=O) groups is 1. The highest BCUT2D eigenvalue weighted by molar-refractivity contribution is 6.08. The lowest BCUT2D eigenvalue weighted by atomic mass is 10.0. The van der Waals surface area contributed by atoms with E-state index < -0.39 is 0 Å². The first kappa shape index (κ1) is 11.4. The third-order valence-corrected chi connectivity index (χ3v) is 2.67. The highest BCUT2D eigenvalue weighted by Gasteiger charge is 2.09. The highest BCUT2D eigenvalue weighted by atomic mass is 16.1. The molecule has 0 aliphatic carbocycles. The number of ketones is 1. The van der Waals surface area contributed by atoms with Gasteiger partial charge in [-0.05, 0) is 13.0 Å². The van der Waals surface area contributed by atoms with Crippen LogP contribution in [-0.2, 0) is 6.54 Å². The van der Waals surface area contributed by atoms with Gasteiger partial charge in [-0.25, -0.2) is 0 Å². The fourth-order valence-electron chi connectivity index (χ4n) is 1.71. The Kier molecular flexibility index (Phi) is 3.24. The van der Waals surface area contributed by atoms with Crippen molar-refractivity contribution in [3.63, 3.8) is 0 Å². The van der Waals surface area contributed by atoms with Crippen molar-refractivity contribution in [2.24, 2.45) is 0 Å². The number of allylic oxidation sites excluding steroid dienone is 1. The molecule has 0 fully saturated rings. The molecule has 1 heterocycles. The van der Waals surface area contributed by atoms with E-state index in [1.54, 1.807) is 6.08 Å². The number of benzene rings is 1. The van der Waals surface area contributed by atoms with Crippen LogP contribution < -0.4 is 0 Å². The predicted octanol–water partition coefficient (Wildman–Crippen LogP) is 3.21. The van der Waals surface area contributed by atoms with Crippen LogP contribution in [0.5, 0.6) is 0 Å². The molecule has 86 valence electrons. The molecule has 1 aromatic carbocycles. The van der Waals surface area contributed by atoms with Gasteiger partial charge in [-0.1, -0.05) is 35.9 Å². The SMILES string of the molecule is C=CCn1ccc(C(=O)c2ccc(C)cc2)c1. The van der Waals surface area contributed by atoms with Crippen molar-refractivity contribution in [2.75, 3.05) is 0 Å². The molecule has 2 heteroatoms. The van der Waals surface area contributed by atoms with Crippen molar-refractivity contribution in [3.05, 3.63) is 72.1 Å². The Bertz CT molecular complexity index is 534. The van der Waals surface area contributed by atoms with Gasteiger partial charge in [-0.15, -0.1) is 6.58 Å². The second-order valence-corrected chi connectivity index (χ2v) is 4.08. The van der Waals surface area contributed by atoms with Gasteiger partial charge in [-0.2, -0.15) is 0 Å². The first-order valence-corrected chi connectivity index (χ1v) is 5.59. The van der Waals surface area contributed by atoms with Gasteiger partial charge in [0.2, 0.25) is 0 Å². The molecule has 0 spiro atoms. The van der Waals surface area contributed by atoms with Gasteiger partial charge in [0, 0.05) is 30.1 Å². The molecular weight excluding hydrogens is 210 g/mol. The van der Waals surface area contributed by atoms with Crippen molar-refractivity contribution in [1.29, 1.82) is 0 Å². The predicted molar refractivity (Wildman–Crippen MR) is 69.2 cm³/mol. The number of nitrogens with zero attached hydrogens (tertiary/aromatic N) is 1. The van der Waals surface area contributed by atoms with Gasteiger partial charge < -0.3 is 4.57 Å². The van der Waals surface area contributed by atoms with Gasteiger partial charge in [0.15, 0.2) is 5.78 Å². The molecule has 0 bridgehead atoms. The summed E-state index contributed by atoms with van der Waals surface area (Å²) in [7, 11) is 0. The smallest absolute Gasteiger partial charge is 0.194 e. The summed E-state index contributed by atoms with van der Waals surface area (Å²) in [4.78, 5) is 12.1. The Balaban J connectivity index is 2.24. The Labute approximate surface area is 101 Å². The molecule has 0 aliphatic heterocycles. The van der Waals surface area contributed by atoms with E-state index in [1.807, 2.05) is 54.2 Å². The van der Waals surface area contributed by atoms with Crippen LogP contribution in [0.2, 0.25) is 0 Å². The zero-order valence-corrected chi connectivity index (χ0v) is 9.89. The second-order valence-electron chi connectivity index (χ2n) is 4.08. The average Bonchev–Trinajstić information content (AvgIpc) is 2.78. The van der Waals surface area contributed by atoms with Crippen LogP contribution >= 0.6 is 0 Å². The molecule has 2 nitrogen and oxygen atoms in total. The van der Waals surface area contributed by atoms with Gasteiger partial charge in [-0.3, -0.25) is 4.79 Å². The third kappa shape index (κ3) is 2.53. The summed E-state index contributed by atoms with van der Waals surface area (Å²) < 4.78 is 1.94. The van der Waals surface area contributed by atoms with E-state index in [0.29, 0.717) is 0 Å². The van der Waals surface area contributed by atoms with Crippen molar-refractivity contribution in [2.45, 2.75) is 13.5 Å². The number of aromatic nitrogens is 1. The van der Waals surface area contributed by atoms with E-state index in [-0.39, 0.29) is 5.78 Å². The van der Waals surface area contributed by atoms with Crippen LogP contribution in [0.4, 0.5) is 0 Å².